The number of amides is 1. The summed E-state index contributed by atoms with van der Waals surface area (Å²) in [5.74, 6) is -2.73. The predicted octanol–water partition coefficient (Wildman–Crippen LogP) is 2.84. The number of benzene rings is 2. The van der Waals surface area contributed by atoms with Gasteiger partial charge in [0.1, 0.15) is 17.4 Å². The highest BCUT2D eigenvalue weighted by molar-refractivity contribution is 5.92. The van der Waals surface area contributed by atoms with E-state index >= 15 is 0 Å². The summed E-state index contributed by atoms with van der Waals surface area (Å²) in [5, 5.41) is 2.61. The number of hydrogen-bond donors (Lipinski definition) is 1. The lowest BCUT2D eigenvalue weighted by molar-refractivity contribution is -0.129. The summed E-state index contributed by atoms with van der Waals surface area (Å²) in [6.07, 6.45) is -1.13. The van der Waals surface area contributed by atoms with Crippen LogP contribution in [-0.4, -0.2) is 25.1 Å². The van der Waals surface area contributed by atoms with Crippen LogP contribution in [0.4, 0.5) is 8.78 Å². The van der Waals surface area contributed by atoms with Gasteiger partial charge < -0.3 is 14.8 Å². The van der Waals surface area contributed by atoms with Crippen molar-refractivity contribution in [3.05, 3.63) is 65.2 Å². The number of rotatable bonds is 6. The summed E-state index contributed by atoms with van der Waals surface area (Å²) in [4.78, 5) is 23.8. The molecule has 5 nitrogen and oxygen atoms in total. The zero-order valence-corrected chi connectivity index (χ0v) is 13.7. The molecule has 132 valence electrons. The minimum absolute atomic E-state index is 0.232. The molecule has 2 aromatic carbocycles. The van der Waals surface area contributed by atoms with Gasteiger partial charge in [-0.1, -0.05) is 12.1 Å². The quantitative estimate of drug-likeness (QED) is 0.815. The number of methoxy groups -OCH3 is 1. The van der Waals surface area contributed by atoms with Crippen molar-refractivity contribution in [2.75, 3.05) is 7.11 Å². The standard InChI is InChI=1S/C18H17F2NO4/c1-11(25-18(23)15-8-5-13(19)9-16(15)20)17(22)21-10-12-3-6-14(24-2)7-4-12/h3-9,11H,10H2,1-2H3,(H,21,22)/t11-/m0/s1. The highest BCUT2D eigenvalue weighted by Crippen LogP contribution is 2.13. The fourth-order valence-corrected chi connectivity index (χ4v) is 2.01. The molecule has 25 heavy (non-hydrogen) atoms. The first-order valence-electron chi connectivity index (χ1n) is 7.47. The lowest BCUT2D eigenvalue weighted by Crippen LogP contribution is -2.35. The largest absolute Gasteiger partial charge is 0.497 e. The molecule has 0 heterocycles. The molecule has 2 aromatic rings. The maximum atomic E-state index is 13.5. The number of halogens is 2. The van der Waals surface area contributed by atoms with Crippen molar-refractivity contribution in [3.8, 4) is 5.75 Å². The van der Waals surface area contributed by atoms with Gasteiger partial charge in [-0.15, -0.1) is 0 Å². The highest BCUT2D eigenvalue weighted by Gasteiger charge is 2.21. The van der Waals surface area contributed by atoms with Crippen molar-refractivity contribution in [1.29, 1.82) is 0 Å². The lowest BCUT2D eigenvalue weighted by atomic mass is 10.2. The zero-order chi connectivity index (χ0) is 18.4. The second kappa shape index (κ2) is 8.23. The van der Waals surface area contributed by atoms with Gasteiger partial charge >= 0.3 is 5.97 Å². The van der Waals surface area contributed by atoms with Crippen LogP contribution in [0.5, 0.6) is 5.75 Å². The number of ether oxygens (including phenoxy) is 2. The van der Waals surface area contributed by atoms with E-state index in [1.54, 1.807) is 31.4 Å². The van der Waals surface area contributed by atoms with Crippen molar-refractivity contribution in [2.24, 2.45) is 0 Å². The summed E-state index contributed by atoms with van der Waals surface area (Å²) in [7, 11) is 1.55. The Morgan fingerprint density at radius 3 is 2.40 bits per heavy atom. The molecular weight excluding hydrogens is 332 g/mol. The van der Waals surface area contributed by atoms with Gasteiger partial charge in [-0.3, -0.25) is 4.79 Å². The fourth-order valence-electron chi connectivity index (χ4n) is 2.01. The van der Waals surface area contributed by atoms with E-state index < -0.39 is 35.2 Å². The second-order valence-corrected chi connectivity index (χ2v) is 5.24. The summed E-state index contributed by atoms with van der Waals surface area (Å²) in [6.45, 7) is 1.60. The van der Waals surface area contributed by atoms with Crippen LogP contribution < -0.4 is 10.1 Å². The minimum Gasteiger partial charge on any atom is -0.497 e. The molecule has 0 bridgehead atoms. The van der Waals surface area contributed by atoms with Crippen molar-refractivity contribution in [1.82, 2.24) is 5.32 Å². The average Bonchev–Trinajstić information content (AvgIpc) is 2.59. The topological polar surface area (TPSA) is 64.6 Å². The van der Waals surface area contributed by atoms with Gasteiger partial charge in [-0.2, -0.15) is 0 Å². The molecular formula is C18H17F2NO4. The molecule has 0 aliphatic carbocycles. The number of esters is 1. The Labute approximate surface area is 143 Å². The molecule has 2 rings (SSSR count). The zero-order valence-electron chi connectivity index (χ0n) is 13.7. The number of carbonyl (C=O) groups is 2. The van der Waals surface area contributed by atoms with Crippen LogP contribution >= 0.6 is 0 Å². The molecule has 0 unspecified atom stereocenters. The Morgan fingerprint density at radius 2 is 1.80 bits per heavy atom. The van der Waals surface area contributed by atoms with Crippen molar-refractivity contribution in [3.63, 3.8) is 0 Å². The highest BCUT2D eigenvalue weighted by atomic mass is 19.1. The first kappa shape index (κ1) is 18.4. The SMILES string of the molecule is COc1ccc(CNC(=O)[C@H](C)OC(=O)c2ccc(F)cc2F)cc1. The Balaban J connectivity index is 1.89. The van der Waals surface area contributed by atoms with Gasteiger partial charge in [-0.05, 0) is 36.8 Å². The van der Waals surface area contributed by atoms with E-state index in [0.717, 1.165) is 17.7 Å². The van der Waals surface area contributed by atoms with Gasteiger partial charge in [0.15, 0.2) is 6.10 Å². The molecule has 0 aliphatic heterocycles. The Hall–Kier alpha value is -2.96. The van der Waals surface area contributed by atoms with Gasteiger partial charge in [0.05, 0.1) is 12.7 Å². The van der Waals surface area contributed by atoms with E-state index in [0.29, 0.717) is 11.8 Å². The summed E-state index contributed by atoms with van der Waals surface area (Å²) >= 11 is 0. The molecule has 0 aromatic heterocycles. The van der Waals surface area contributed by atoms with Crippen LogP contribution in [0.3, 0.4) is 0 Å². The van der Waals surface area contributed by atoms with Gasteiger partial charge in [0.2, 0.25) is 0 Å². The first-order chi connectivity index (χ1) is 11.9. The third kappa shape index (κ3) is 5.00. The van der Waals surface area contributed by atoms with Gasteiger partial charge in [0, 0.05) is 12.6 Å². The molecule has 1 amide bonds. The van der Waals surface area contributed by atoms with Gasteiger partial charge in [-0.25, -0.2) is 13.6 Å². The maximum absolute atomic E-state index is 13.5. The normalized spacial score (nSPS) is 11.5. The molecule has 1 N–H and O–H groups in total. The Kier molecular flexibility index (Phi) is 6.05. The average molecular weight is 349 g/mol. The summed E-state index contributed by atoms with van der Waals surface area (Å²) in [5.41, 5.74) is 0.397. The number of hydrogen-bond acceptors (Lipinski definition) is 4. The van der Waals surface area contributed by atoms with Crippen LogP contribution in [0.2, 0.25) is 0 Å². The Bertz CT molecular complexity index is 762. The monoisotopic (exact) mass is 349 g/mol. The van der Waals surface area contributed by atoms with Crippen LogP contribution in [0.15, 0.2) is 42.5 Å². The summed E-state index contributed by atoms with van der Waals surface area (Å²) < 4.78 is 36.3. The van der Waals surface area contributed by atoms with Crippen LogP contribution in [0, 0.1) is 11.6 Å². The van der Waals surface area contributed by atoms with E-state index in [-0.39, 0.29) is 6.54 Å². The van der Waals surface area contributed by atoms with Gasteiger partial charge in [0.25, 0.3) is 5.91 Å². The van der Waals surface area contributed by atoms with Crippen molar-refractivity contribution < 1.29 is 27.8 Å². The lowest BCUT2D eigenvalue weighted by Gasteiger charge is -2.14. The van der Waals surface area contributed by atoms with E-state index in [1.807, 2.05) is 0 Å². The van der Waals surface area contributed by atoms with Crippen molar-refractivity contribution >= 4 is 11.9 Å². The van der Waals surface area contributed by atoms with E-state index in [1.165, 1.54) is 6.92 Å². The molecule has 0 radical (unpaired) electrons. The summed E-state index contributed by atoms with van der Waals surface area (Å²) in [6, 6.07) is 9.55. The third-order valence-electron chi connectivity index (χ3n) is 3.43. The van der Waals surface area contributed by atoms with Crippen LogP contribution in [0.1, 0.15) is 22.8 Å². The van der Waals surface area contributed by atoms with E-state index in [9.17, 15) is 18.4 Å². The smallest absolute Gasteiger partial charge is 0.341 e. The third-order valence-corrected chi connectivity index (χ3v) is 3.43. The molecule has 0 fully saturated rings. The fraction of sp³-hybridized carbons (Fsp3) is 0.222. The molecule has 0 spiro atoms. The molecule has 7 heteroatoms. The minimum atomic E-state index is -1.13. The first-order valence-corrected chi connectivity index (χ1v) is 7.47. The number of carbonyl (C=O) groups excluding carboxylic acids is 2. The number of nitrogens with one attached hydrogen (secondary N) is 1. The molecule has 0 saturated heterocycles. The van der Waals surface area contributed by atoms with E-state index in [2.05, 4.69) is 5.32 Å². The Morgan fingerprint density at radius 1 is 1.12 bits per heavy atom. The van der Waals surface area contributed by atoms with E-state index in [4.69, 9.17) is 9.47 Å². The molecule has 1 atom stereocenters. The predicted molar refractivity (Wildman–Crippen MR) is 86.1 cm³/mol. The second-order valence-electron chi connectivity index (χ2n) is 5.24. The van der Waals surface area contributed by atoms with Crippen molar-refractivity contribution in [2.45, 2.75) is 19.6 Å². The van der Waals surface area contributed by atoms with Crippen LogP contribution in [0.25, 0.3) is 0 Å². The maximum Gasteiger partial charge on any atom is 0.341 e. The molecule has 0 aliphatic rings. The molecule has 0 saturated carbocycles. The van der Waals surface area contributed by atoms with Crippen LogP contribution in [-0.2, 0) is 16.1 Å².